The molecule has 0 unspecified atom stereocenters. The summed E-state index contributed by atoms with van der Waals surface area (Å²) in [6, 6.07) is 17.6. The molecule has 0 radical (unpaired) electrons. The van der Waals surface area contributed by atoms with Gasteiger partial charge in [0.2, 0.25) is 0 Å². The van der Waals surface area contributed by atoms with Crippen LogP contribution in [0.3, 0.4) is 0 Å². The van der Waals surface area contributed by atoms with Crippen LogP contribution in [0.2, 0.25) is 24.3 Å². The van der Waals surface area contributed by atoms with E-state index in [0.29, 0.717) is 0 Å². The molecule has 0 amide bonds. The zero-order valence-corrected chi connectivity index (χ0v) is 23.6. The van der Waals surface area contributed by atoms with Gasteiger partial charge in [-0.25, -0.2) is 0 Å². The number of rotatable bonds is 5. The van der Waals surface area contributed by atoms with Gasteiger partial charge in [-0.2, -0.15) is 0 Å². The first-order valence-electron chi connectivity index (χ1n) is 10.1. The third-order valence-corrected chi connectivity index (χ3v) is 36.8. The van der Waals surface area contributed by atoms with Crippen LogP contribution >= 0.6 is 0 Å². The van der Waals surface area contributed by atoms with E-state index in [4.69, 9.17) is 5.32 Å². The Bertz CT molecular complexity index is 952. The van der Waals surface area contributed by atoms with Crippen molar-refractivity contribution >= 4 is 15.2 Å². The van der Waals surface area contributed by atoms with E-state index in [9.17, 15) is 0 Å². The molecule has 0 saturated carbocycles. The second-order valence-electron chi connectivity index (χ2n) is 11.0. The zero-order valence-electron chi connectivity index (χ0n) is 18.7. The molecule has 0 fully saturated rings. The zero-order chi connectivity index (χ0) is 21.1. The first-order chi connectivity index (χ1) is 12.6. The number of nitrogens with one attached hydrogen (secondary N) is 1. The number of benzene rings is 2. The summed E-state index contributed by atoms with van der Waals surface area (Å²) in [6.45, 7) is 15.5. The maximum atomic E-state index is 7.34. The topological polar surface area (TPSA) is 30.5 Å². The van der Waals surface area contributed by atoms with Crippen molar-refractivity contribution in [1.82, 2.24) is 3.26 Å². The summed E-state index contributed by atoms with van der Waals surface area (Å²) in [5, 5.41) is 0. The van der Waals surface area contributed by atoms with Crippen molar-refractivity contribution in [3.8, 4) is 11.1 Å². The summed E-state index contributed by atoms with van der Waals surface area (Å²) in [6.07, 6.45) is 0. The first-order valence-corrected chi connectivity index (χ1v) is 26.6. The van der Waals surface area contributed by atoms with Crippen molar-refractivity contribution in [2.75, 3.05) is 7.11 Å². The van der Waals surface area contributed by atoms with Gasteiger partial charge >= 0.3 is 173 Å². The van der Waals surface area contributed by atoms with Gasteiger partial charge in [0.1, 0.15) is 0 Å². The molecule has 3 rings (SSSR count). The Hall–Kier alpha value is -0.363. The molecule has 0 aromatic heterocycles. The number of fused-ring (bicyclic) bond motifs is 3. The molecule has 0 saturated heterocycles. The minimum absolute atomic E-state index is 0.0860. The fourth-order valence-electron chi connectivity index (χ4n) is 5.60. The Morgan fingerprint density at radius 2 is 1.36 bits per heavy atom. The van der Waals surface area contributed by atoms with Crippen molar-refractivity contribution in [1.29, 1.82) is 0 Å². The third kappa shape index (κ3) is 3.72. The number of hydrogen-bond acceptors (Lipinski definition) is 3. The summed E-state index contributed by atoms with van der Waals surface area (Å²) in [5.74, 6) is 0. The normalized spacial score (nSPS) is 17.6. The Balaban J connectivity index is 2.45. The molecular weight excluding hydrogens is 458 g/mol. The van der Waals surface area contributed by atoms with Crippen molar-refractivity contribution in [2.24, 2.45) is 0 Å². The van der Waals surface area contributed by atoms with E-state index in [0.717, 1.165) is 0 Å². The van der Waals surface area contributed by atoms with Gasteiger partial charge < -0.3 is 0 Å². The summed E-state index contributed by atoms with van der Waals surface area (Å²) in [5.41, 5.74) is 5.13. The molecule has 3 nitrogen and oxygen atoms in total. The SMILES string of the molecule is C[O][Zr]([CH3])(=[SiH2])([NH]C(C)(C)C)([O][Si](C)(C)C)[CH]1c2ccccc2-c2ccccc21. The number of hydrogen-bond donors (Lipinski definition) is 1. The average molecular weight is 494 g/mol. The molecule has 0 bridgehead atoms. The van der Waals surface area contributed by atoms with E-state index < -0.39 is 25.4 Å². The second kappa shape index (κ2) is 6.32. The molecule has 1 aliphatic rings. The fraction of sp³-hybridized carbons (Fsp3) is 0.455. The molecule has 0 aliphatic heterocycles. The summed E-state index contributed by atoms with van der Waals surface area (Å²) in [4.78, 5) is 0. The molecule has 28 heavy (non-hydrogen) atoms. The van der Waals surface area contributed by atoms with E-state index >= 15 is 0 Å². The quantitative estimate of drug-likeness (QED) is 0.580. The summed E-state index contributed by atoms with van der Waals surface area (Å²) < 4.78 is 20.6. The maximum absolute atomic E-state index is 7.34. The van der Waals surface area contributed by atoms with Crippen LogP contribution in [0.1, 0.15) is 35.5 Å². The van der Waals surface area contributed by atoms with Crippen LogP contribution in [0.25, 0.3) is 11.1 Å². The van der Waals surface area contributed by atoms with Gasteiger partial charge in [0, 0.05) is 0 Å². The van der Waals surface area contributed by atoms with E-state index in [2.05, 4.69) is 96.8 Å². The van der Waals surface area contributed by atoms with Gasteiger partial charge in [0.15, 0.2) is 0 Å². The molecule has 6 heteroatoms. The van der Waals surface area contributed by atoms with E-state index in [1.165, 1.54) is 22.3 Å². The van der Waals surface area contributed by atoms with Crippen LogP contribution in [0, 0.1) is 0 Å². The van der Waals surface area contributed by atoms with Gasteiger partial charge in [0.25, 0.3) is 0 Å². The van der Waals surface area contributed by atoms with Crippen LogP contribution in [-0.2, 0) is 22.4 Å². The summed E-state index contributed by atoms with van der Waals surface area (Å²) in [7, 11) is -0.0908. The first kappa shape index (κ1) is 22.3. The van der Waals surface area contributed by atoms with Crippen LogP contribution in [-0.4, -0.2) is 27.8 Å². The van der Waals surface area contributed by atoms with E-state index in [-0.39, 0.29) is 9.16 Å². The monoisotopic (exact) mass is 492 g/mol. The standard InChI is InChI=1S/C13H9.C4H10N.C3H9OSi.CH3O.CH3.H2Si.Zr/c1-3-7-12-10(5-1)9-11-6-2-4-8-13(11)12;1-4(2,3)5;1-5(2,3)4;1-2;;;/h1-9H;5H,1-3H3;1-3H3;1H3;1H3;1H2;/q;3*-1;;;+3. The van der Waals surface area contributed by atoms with Crippen LogP contribution in [0.15, 0.2) is 48.5 Å². The molecule has 0 atom stereocenters. The fourth-order valence-corrected chi connectivity index (χ4v) is 50.3. The molecular formula is C22H36NO2Si2Zr. The second-order valence-corrected chi connectivity index (χ2v) is 45.1. The van der Waals surface area contributed by atoms with Crippen molar-refractivity contribution in [2.45, 2.75) is 54.2 Å². The molecule has 1 N–H and O–H groups in total. The van der Waals surface area contributed by atoms with Gasteiger partial charge in [-0.1, -0.05) is 0 Å². The van der Waals surface area contributed by atoms with Gasteiger partial charge in [-0.05, 0) is 0 Å². The molecule has 2 aromatic rings. The van der Waals surface area contributed by atoms with Crippen molar-refractivity contribution in [3.05, 3.63) is 59.7 Å². The molecule has 153 valence electrons. The van der Waals surface area contributed by atoms with Crippen LogP contribution < -0.4 is 3.26 Å². The molecule has 0 spiro atoms. The Labute approximate surface area is 172 Å². The predicted octanol–water partition coefficient (Wildman–Crippen LogP) is 5.21. The minimum atomic E-state index is -5.06. The van der Waals surface area contributed by atoms with Crippen molar-refractivity contribution < 1.29 is 22.4 Å². The predicted molar refractivity (Wildman–Crippen MR) is 122 cm³/mol. The Kier molecular flexibility index (Phi) is 5.04. The molecule has 1 aliphatic carbocycles. The average Bonchev–Trinajstić information content (AvgIpc) is 2.87. The van der Waals surface area contributed by atoms with Gasteiger partial charge in [0.05, 0.1) is 0 Å². The molecule has 0 heterocycles. The van der Waals surface area contributed by atoms with Crippen LogP contribution in [0.4, 0.5) is 0 Å². The van der Waals surface area contributed by atoms with Gasteiger partial charge in [-0.3, -0.25) is 0 Å². The van der Waals surface area contributed by atoms with Gasteiger partial charge in [-0.15, -0.1) is 0 Å². The Morgan fingerprint density at radius 1 is 0.929 bits per heavy atom. The third-order valence-electron chi connectivity index (χ3n) is 5.75. The van der Waals surface area contributed by atoms with E-state index in [1.807, 2.05) is 14.0 Å². The van der Waals surface area contributed by atoms with E-state index in [1.54, 1.807) is 0 Å². The Morgan fingerprint density at radius 3 is 1.71 bits per heavy atom. The van der Waals surface area contributed by atoms with Crippen LogP contribution in [0.5, 0.6) is 0 Å². The summed E-state index contributed by atoms with van der Waals surface area (Å²) >= 11 is -5.06. The van der Waals surface area contributed by atoms with Crippen molar-refractivity contribution in [3.63, 3.8) is 0 Å². The molecule has 2 aromatic carbocycles.